The van der Waals surface area contributed by atoms with E-state index in [9.17, 15) is 14.4 Å². The summed E-state index contributed by atoms with van der Waals surface area (Å²) < 4.78 is 7.95. The van der Waals surface area contributed by atoms with Gasteiger partial charge in [-0.2, -0.15) is 0 Å². The number of aromatic nitrogens is 2. The van der Waals surface area contributed by atoms with Gasteiger partial charge in [-0.3, -0.25) is 9.59 Å². The van der Waals surface area contributed by atoms with E-state index in [-0.39, 0.29) is 29.9 Å². The number of fused-ring (bicyclic) bond motifs is 1. The van der Waals surface area contributed by atoms with Crippen molar-refractivity contribution in [2.75, 3.05) is 6.54 Å². The first-order valence-corrected chi connectivity index (χ1v) is 11.0. The van der Waals surface area contributed by atoms with E-state index in [0.717, 1.165) is 0 Å². The van der Waals surface area contributed by atoms with Crippen LogP contribution in [-0.4, -0.2) is 44.4 Å². The Morgan fingerprint density at radius 2 is 1.80 bits per heavy atom. The van der Waals surface area contributed by atoms with Crippen LogP contribution >= 0.6 is 15.9 Å². The number of ether oxygens (including phenoxy) is 1. The minimum Gasteiger partial charge on any atom is -0.444 e. The van der Waals surface area contributed by atoms with Gasteiger partial charge in [0.05, 0.1) is 12.2 Å². The zero-order chi connectivity index (χ0) is 22.9. The third-order valence-corrected chi connectivity index (χ3v) is 5.39. The smallest absolute Gasteiger partial charge is 0.410 e. The lowest BCUT2D eigenvalue weighted by Gasteiger charge is -2.26. The van der Waals surface area contributed by atoms with E-state index in [0.29, 0.717) is 36.4 Å². The van der Waals surface area contributed by atoms with Gasteiger partial charge in [-0.1, -0.05) is 20.8 Å². The Labute approximate surface area is 186 Å². The van der Waals surface area contributed by atoms with Gasteiger partial charge in [-0.15, -0.1) is 0 Å². The average molecular weight is 485 g/mol. The van der Waals surface area contributed by atoms with Crippen LogP contribution in [0.25, 0.3) is 0 Å². The summed E-state index contributed by atoms with van der Waals surface area (Å²) in [6.07, 6.45) is 0.794. The molecule has 0 saturated carbocycles. The zero-order valence-electron chi connectivity index (χ0n) is 18.7. The maximum absolute atomic E-state index is 13.1. The Balaban J connectivity index is 2.28. The van der Waals surface area contributed by atoms with Crippen molar-refractivity contribution >= 4 is 33.7 Å². The maximum Gasteiger partial charge on any atom is 0.410 e. The van der Waals surface area contributed by atoms with E-state index >= 15 is 0 Å². The number of carbonyl (C=O) groups excluding carboxylic acids is 3. The van der Waals surface area contributed by atoms with Gasteiger partial charge in [0, 0.05) is 25.4 Å². The first-order chi connectivity index (χ1) is 13.7. The van der Waals surface area contributed by atoms with E-state index in [1.54, 1.807) is 4.90 Å². The molecule has 0 fully saturated rings. The molecule has 0 aliphatic carbocycles. The molecular formula is C21H33BrN4O4. The summed E-state index contributed by atoms with van der Waals surface area (Å²) in [5, 5.41) is 0. The van der Waals surface area contributed by atoms with E-state index in [4.69, 9.17) is 10.5 Å². The molecule has 2 heterocycles. The van der Waals surface area contributed by atoms with Crippen molar-refractivity contribution in [2.24, 2.45) is 17.1 Å². The van der Waals surface area contributed by atoms with Crippen molar-refractivity contribution in [3.63, 3.8) is 0 Å². The van der Waals surface area contributed by atoms with Crippen molar-refractivity contribution in [3.05, 3.63) is 16.1 Å². The molecule has 1 aromatic rings. The molecule has 2 amide bonds. The molecule has 2 rings (SSSR count). The van der Waals surface area contributed by atoms with Gasteiger partial charge in [0.2, 0.25) is 5.91 Å². The van der Waals surface area contributed by atoms with Gasteiger partial charge < -0.3 is 19.9 Å². The molecule has 0 aromatic carbocycles. The van der Waals surface area contributed by atoms with Crippen LogP contribution in [0.2, 0.25) is 0 Å². The predicted octanol–water partition coefficient (Wildman–Crippen LogP) is 3.90. The Bertz CT molecular complexity index is 820. The highest BCUT2D eigenvalue weighted by molar-refractivity contribution is 9.10. The minimum absolute atomic E-state index is 0.00447. The Morgan fingerprint density at radius 1 is 1.17 bits per heavy atom. The molecule has 0 spiro atoms. The Hall–Kier alpha value is -1.90. The van der Waals surface area contributed by atoms with Crippen molar-refractivity contribution in [1.82, 2.24) is 14.5 Å². The molecule has 0 radical (unpaired) electrons. The van der Waals surface area contributed by atoms with Crippen molar-refractivity contribution < 1.29 is 19.1 Å². The van der Waals surface area contributed by atoms with Crippen LogP contribution in [0.4, 0.5) is 4.79 Å². The van der Waals surface area contributed by atoms with Crippen LogP contribution in [0.1, 0.15) is 77.0 Å². The minimum atomic E-state index is -0.607. The monoisotopic (exact) mass is 484 g/mol. The summed E-state index contributed by atoms with van der Waals surface area (Å²) in [4.78, 5) is 43.6. The maximum atomic E-state index is 13.1. The SMILES string of the molecule is CC(C)(C)C[C@H](CC(=O)c1nc(Br)n2c1CN(C(=O)OC(C)(C)C)CCC2)C(N)=O. The molecule has 0 bridgehead atoms. The predicted molar refractivity (Wildman–Crippen MR) is 117 cm³/mol. The van der Waals surface area contributed by atoms with E-state index in [2.05, 4.69) is 20.9 Å². The van der Waals surface area contributed by atoms with E-state index in [1.165, 1.54) is 0 Å². The molecule has 1 aromatic heterocycles. The molecule has 1 aliphatic heterocycles. The van der Waals surface area contributed by atoms with Crippen molar-refractivity contribution in [2.45, 2.75) is 79.5 Å². The van der Waals surface area contributed by atoms with Gasteiger partial charge in [-0.25, -0.2) is 9.78 Å². The number of halogens is 1. The fraction of sp³-hybridized carbons (Fsp3) is 0.714. The number of amides is 2. The number of nitrogens with two attached hydrogens (primary N) is 1. The third-order valence-electron chi connectivity index (χ3n) is 4.79. The summed E-state index contributed by atoms with van der Waals surface area (Å²) in [6, 6.07) is 0. The number of rotatable bonds is 5. The highest BCUT2D eigenvalue weighted by Gasteiger charge is 2.32. The molecule has 0 saturated heterocycles. The number of imidazole rings is 1. The van der Waals surface area contributed by atoms with Gasteiger partial charge in [0.25, 0.3) is 0 Å². The fourth-order valence-electron chi connectivity index (χ4n) is 3.56. The number of nitrogens with zero attached hydrogens (tertiary/aromatic N) is 3. The van der Waals surface area contributed by atoms with Gasteiger partial charge in [-0.05, 0) is 55.0 Å². The van der Waals surface area contributed by atoms with Crippen LogP contribution < -0.4 is 5.73 Å². The second kappa shape index (κ2) is 9.08. The molecule has 168 valence electrons. The normalized spacial score (nSPS) is 15.9. The van der Waals surface area contributed by atoms with Crippen molar-refractivity contribution in [1.29, 1.82) is 0 Å². The van der Waals surface area contributed by atoms with E-state index in [1.807, 2.05) is 46.1 Å². The number of Topliss-reactive ketones (excluding diaryl/α,β-unsaturated/α-hetero) is 1. The van der Waals surface area contributed by atoms with Crippen LogP contribution in [0.15, 0.2) is 4.73 Å². The van der Waals surface area contributed by atoms with E-state index < -0.39 is 23.5 Å². The van der Waals surface area contributed by atoms with Gasteiger partial charge in [0.15, 0.2) is 10.5 Å². The standard InChI is InChI=1S/C21H33BrN4O4/c1-20(2,3)11-13(17(23)28)10-15(27)16-14-12-25(19(29)30-21(4,5)6)8-7-9-26(14)18(22)24-16/h13H,7-12H2,1-6H3,(H2,23,28)/t13-/m0/s1. The van der Waals surface area contributed by atoms with Crippen LogP contribution in [0, 0.1) is 11.3 Å². The fourth-order valence-corrected chi connectivity index (χ4v) is 4.13. The average Bonchev–Trinajstić information content (AvgIpc) is 2.75. The molecule has 30 heavy (non-hydrogen) atoms. The quantitative estimate of drug-likeness (QED) is 0.637. The van der Waals surface area contributed by atoms with Crippen molar-refractivity contribution in [3.8, 4) is 0 Å². The zero-order valence-corrected chi connectivity index (χ0v) is 20.3. The van der Waals surface area contributed by atoms with Crippen LogP contribution in [0.3, 0.4) is 0 Å². The number of hydrogen-bond donors (Lipinski definition) is 1. The lowest BCUT2D eigenvalue weighted by Crippen LogP contribution is -2.37. The summed E-state index contributed by atoms with van der Waals surface area (Å²) in [5.74, 6) is -1.30. The molecular weight excluding hydrogens is 452 g/mol. The molecule has 1 atom stereocenters. The second-order valence-corrected chi connectivity index (χ2v) is 10.8. The molecule has 0 unspecified atom stereocenters. The summed E-state index contributed by atoms with van der Waals surface area (Å²) in [6.45, 7) is 12.8. The van der Waals surface area contributed by atoms with Gasteiger partial charge in [0.1, 0.15) is 11.3 Å². The molecule has 1 aliphatic rings. The third kappa shape index (κ3) is 6.55. The first kappa shape index (κ1) is 24.4. The number of primary amides is 1. The van der Waals surface area contributed by atoms with Gasteiger partial charge >= 0.3 is 6.09 Å². The lowest BCUT2D eigenvalue weighted by molar-refractivity contribution is -0.122. The summed E-state index contributed by atoms with van der Waals surface area (Å²) in [5.41, 5.74) is 5.74. The molecule has 9 heteroatoms. The lowest BCUT2D eigenvalue weighted by atomic mass is 9.82. The Morgan fingerprint density at radius 3 is 2.33 bits per heavy atom. The number of carbonyl (C=O) groups is 3. The number of hydrogen-bond acceptors (Lipinski definition) is 5. The Kier molecular flexibility index (Phi) is 7.37. The molecule has 8 nitrogen and oxygen atoms in total. The summed E-state index contributed by atoms with van der Waals surface area (Å²) in [7, 11) is 0. The second-order valence-electron chi connectivity index (χ2n) is 10.1. The molecule has 2 N–H and O–H groups in total. The number of ketones is 1. The summed E-state index contributed by atoms with van der Waals surface area (Å²) >= 11 is 3.43. The highest BCUT2D eigenvalue weighted by atomic mass is 79.9. The largest absolute Gasteiger partial charge is 0.444 e. The van der Waals surface area contributed by atoms with Crippen LogP contribution in [-0.2, 0) is 22.6 Å². The highest BCUT2D eigenvalue weighted by Crippen LogP contribution is 2.29. The topological polar surface area (TPSA) is 108 Å². The first-order valence-electron chi connectivity index (χ1n) is 10.2. The van der Waals surface area contributed by atoms with Crippen LogP contribution in [0.5, 0.6) is 0 Å².